The minimum atomic E-state index is 0.441. The first-order valence-electron chi connectivity index (χ1n) is 20.4. The number of nitrogens with one attached hydrogen (secondary N) is 2. The molecule has 61 heavy (non-hydrogen) atoms. The molecule has 10 rings (SSSR count). The third kappa shape index (κ3) is 7.72. The number of hydrogen-bond acceptors (Lipinski definition) is 5. The average molecular weight is 782 g/mol. The Kier molecular flexibility index (Phi) is 10.0. The lowest BCUT2D eigenvalue weighted by Crippen LogP contribution is -2.20. The van der Waals surface area contributed by atoms with Crippen molar-refractivity contribution in [3.8, 4) is 56.4 Å². The first-order valence-corrected chi connectivity index (χ1v) is 20.4. The first-order chi connectivity index (χ1) is 30.1. The Labute approximate surface area is 355 Å². The Balaban J connectivity index is 1.11. The molecule has 1 aliphatic heterocycles. The summed E-state index contributed by atoms with van der Waals surface area (Å²) in [5.41, 5.74) is 15.0. The zero-order valence-electron chi connectivity index (χ0n) is 33.2. The quantitative estimate of drug-likeness (QED) is 0.143. The van der Waals surface area contributed by atoms with E-state index >= 15 is 0 Å². The molecule has 9 aromatic rings. The minimum Gasteiger partial charge on any atom is -0.354 e. The second-order valence-electron chi connectivity index (χ2n) is 14.9. The summed E-state index contributed by atoms with van der Waals surface area (Å²) in [4.78, 5) is 15.2. The van der Waals surface area contributed by atoms with E-state index in [0.29, 0.717) is 23.2 Å². The predicted octanol–water partition coefficient (Wildman–Crippen LogP) is 13.2. The van der Waals surface area contributed by atoms with Gasteiger partial charge in [0.25, 0.3) is 0 Å². The fourth-order valence-corrected chi connectivity index (χ4v) is 7.87. The van der Waals surface area contributed by atoms with Crippen molar-refractivity contribution in [2.45, 2.75) is 0 Å². The fourth-order valence-electron chi connectivity index (χ4n) is 7.87. The molecule has 0 unspecified atom stereocenters. The van der Waals surface area contributed by atoms with Crippen LogP contribution < -0.4 is 5.32 Å². The summed E-state index contributed by atoms with van der Waals surface area (Å²) < 4.78 is 0. The maximum absolute atomic E-state index is 9.69. The van der Waals surface area contributed by atoms with Gasteiger partial charge in [-0.05, 0) is 63.2 Å². The summed E-state index contributed by atoms with van der Waals surface area (Å²) in [6.07, 6.45) is 2.20. The molecule has 0 atom stereocenters. The maximum atomic E-state index is 9.69. The van der Waals surface area contributed by atoms with E-state index in [-0.39, 0.29) is 0 Å². The molecule has 2 N–H and O–H groups in total. The molecule has 1 aliphatic rings. The Morgan fingerprint density at radius 1 is 0.361 bits per heavy atom. The van der Waals surface area contributed by atoms with Gasteiger partial charge in [0.05, 0.1) is 11.4 Å². The molecule has 0 saturated heterocycles. The van der Waals surface area contributed by atoms with Gasteiger partial charge in [-0.25, -0.2) is 15.0 Å². The largest absolute Gasteiger partial charge is 0.354 e. The molecule has 1 aromatic heterocycles. The molecule has 0 spiro atoms. The fraction of sp³-hybridized carbons (Fsp3) is 0. The molecule has 0 amide bonds. The molecule has 2 heterocycles. The van der Waals surface area contributed by atoms with Crippen molar-refractivity contribution in [3.05, 3.63) is 246 Å². The van der Waals surface area contributed by atoms with Crippen molar-refractivity contribution < 1.29 is 0 Å². The summed E-state index contributed by atoms with van der Waals surface area (Å²) in [6.45, 7) is 0. The molecule has 0 radical (unpaired) electrons. The lowest BCUT2D eigenvalue weighted by atomic mass is 9.86. The Morgan fingerprint density at radius 3 is 1.36 bits per heavy atom. The van der Waals surface area contributed by atoms with E-state index in [2.05, 4.69) is 139 Å². The molecule has 0 fully saturated rings. The van der Waals surface area contributed by atoms with E-state index in [0.717, 1.165) is 83.7 Å². The third-order valence-corrected chi connectivity index (χ3v) is 10.9. The van der Waals surface area contributed by atoms with E-state index in [1.807, 2.05) is 91.0 Å². The van der Waals surface area contributed by atoms with Gasteiger partial charge in [-0.2, -0.15) is 0 Å². The number of fused-ring (bicyclic) bond motifs is 1. The van der Waals surface area contributed by atoms with Crippen LogP contribution in [0.4, 0.5) is 0 Å². The standard InChI is InChI=1S/C56H39N5/c57-52(41-24-12-4-13-25-41)51(40-22-10-3-11-23-40)53-49-36-45(32-33-46(49)37-50(58-53)39-20-8-2-9-21-39)44-29-17-31-48(35-44)56-60-54(42-26-14-5-15-27-42)59-55(61-56)47-30-16-28-43(34-47)38-18-6-1-7-19-38/h1-37,57-58H/b53-51-,57-52?. The Hall–Kier alpha value is -8.28. The van der Waals surface area contributed by atoms with Crippen LogP contribution in [0, 0.1) is 5.41 Å². The summed E-state index contributed by atoms with van der Waals surface area (Å²) in [6, 6.07) is 74.4. The Bertz CT molecular complexity index is 3090. The molecule has 5 nitrogen and oxygen atoms in total. The highest BCUT2D eigenvalue weighted by molar-refractivity contribution is 6.36. The van der Waals surface area contributed by atoms with Crippen LogP contribution in [0.5, 0.6) is 0 Å². The highest BCUT2D eigenvalue weighted by Crippen LogP contribution is 2.39. The minimum absolute atomic E-state index is 0.441. The van der Waals surface area contributed by atoms with Crippen LogP contribution in [0.25, 0.3) is 79.5 Å². The molecular formula is C56H39N5. The van der Waals surface area contributed by atoms with Gasteiger partial charge in [0, 0.05) is 39.1 Å². The smallest absolute Gasteiger partial charge is 0.164 e. The molecule has 0 saturated carbocycles. The highest BCUT2D eigenvalue weighted by atomic mass is 15.0. The van der Waals surface area contributed by atoms with Crippen molar-refractivity contribution in [3.63, 3.8) is 0 Å². The van der Waals surface area contributed by atoms with E-state index < -0.39 is 0 Å². The summed E-state index contributed by atoms with van der Waals surface area (Å²) >= 11 is 0. The van der Waals surface area contributed by atoms with Crippen LogP contribution in [0.15, 0.2) is 218 Å². The number of benzene rings is 8. The monoisotopic (exact) mass is 781 g/mol. The lowest BCUT2D eigenvalue weighted by Gasteiger charge is -2.27. The molecule has 0 bridgehead atoms. The lowest BCUT2D eigenvalue weighted by molar-refractivity contribution is 1.07. The SMILES string of the molecule is N=C(/C(=C1\NC(c2ccccc2)=Cc2ccc(-c3cccc(-c4nc(-c5ccccc5)nc(-c5cccc(-c6ccccc6)c5)n4)c3)cc21)c1ccccc1)c1ccccc1. The number of rotatable bonds is 9. The van der Waals surface area contributed by atoms with E-state index in [1.54, 1.807) is 0 Å². The van der Waals surface area contributed by atoms with Gasteiger partial charge < -0.3 is 5.32 Å². The van der Waals surface area contributed by atoms with Gasteiger partial charge in [-0.3, -0.25) is 5.41 Å². The van der Waals surface area contributed by atoms with E-state index in [9.17, 15) is 5.41 Å². The molecule has 0 aliphatic carbocycles. The molecule has 288 valence electrons. The summed E-state index contributed by atoms with van der Waals surface area (Å²) in [5.74, 6) is 1.81. The predicted molar refractivity (Wildman–Crippen MR) is 251 cm³/mol. The zero-order chi connectivity index (χ0) is 41.0. The maximum Gasteiger partial charge on any atom is 0.164 e. The highest BCUT2D eigenvalue weighted by Gasteiger charge is 2.24. The molecule has 8 aromatic carbocycles. The third-order valence-electron chi connectivity index (χ3n) is 10.9. The van der Waals surface area contributed by atoms with Crippen molar-refractivity contribution in [1.82, 2.24) is 20.3 Å². The first kappa shape index (κ1) is 37.0. The van der Waals surface area contributed by atoms with Gasteiger partial charge >= 0.3 is 0 Å². The van der Waals surface area contributed by atoms with Crippen LogP contribution >= 0.6 is 0 Å². The van der Waals surface area contributed by atoms with Gasteiger partial charge in [0.2, 0.25) is 0 Å². The Morgan fingerprint density at radius 2 is 0.787 bits per heavy atom. The molecule has 5 heteroatoms. The van der Waals surface area contributed by atoms with Crippen LogP contribution in [0.3, 0.4) is 0 Å². The number of allylic oxidation sites excluding steroid dienone is 1. The van der Waals surface area contributed by atoms with Crippen LogP contribution in [-0.4, -0.2) is 20.7 Å². The average Bonchev–Trinajstić information content (AvgIpc) is 3.35. The van der Waals surface area contributed by atoms with Gasteiger partial charge in [-0.15, -0.1) is 0 Å². The second kappa shape index (κ2) is 16.5. The van der Waals surface area contributed by atoms with Crippen molar-refractivity contribution >= 4 is 28.8 Å². The van der Waals surface area contributed by atoms with Gasteiger partial charge in [-0.1, -0.05) is 200 Å². The summed E-state index contributed by atoms with van der Waals surface area (Å²) in [5, 5.41) is 13.5. The molecular weight excluding hydrogens is 743 g/mol. The van der Waals surface area contributed by atoms with E-state index in [1.165, 1.54) is 0 Å². The summed E-state index contributed by atoms with van der Waals surface area (Å²) in [7, 11) is 0. The topological polar surface area (TPSA) is 74.6 Å². The van der Waals surface area contributed by atoms with Crippen molar-refractivity contribution in [2.75, 3.05) is 0 Å². The number of hydrogen-bond donors (Lipinski definition) is 2. The van der Waals surface area contributed by atoms with Crippen LogP contribution in [-0.2, 0) is 0 Å². The van der Waals surface area contributed by atoms with Crippen molar-refractivity contribution in [2.24, 2.45) is 0 Å². The second-order valence-corrected chi connectivity index (χ2v) is 14.9. The number of aromatic nitrogens is 3. The van der Waals surface area contributed by atoms with Crippen LogP contribution in [0.1, 0.15) is 27.8 Å². The van der Waals surface area contributed by atoms with Crippen LogP contribution in [0.2, 0.25) is 0 Å². The van der Waals surface area contributed by atoms with Gasteiger partial charge in [0.15, 0.2) is 17.5 Å². The van der Waals surface area contributed by atoms with Gasteiger partial charge in [0.1, 0.15) is 0 Å². The zero-order valence-corrected chi connectivity index (χ0v) is 33.2. The normalized spacial score (nSPS) is 12.8. The van der Waals surface area contributed by atoms with E-state index in [4.69, 9.17) is 15.0 Å². The number of nitrogens with zero attached hydrogens (tertiary/aromatic N) is 3. The van der Waals surface area contributed by atoms with Crippen molar-refractivity contribution in [1.29, 1.82) is 5.41 Å².